The van der Waals surface area contributed by atoms with E-state index in [1.807, 2.05) is 6.07 Å². The van der Waals surface area contributed by atoms with E-state index < -0.39 is 42.3 Å². The molecule has 0 unspecified atom stereocenters. The van der Waals surface area contributed by atoms with Crippen molar-refractivity contribution in [2.75, 3.05) is 13.1 Å². The summed E-state index contributed by atoms with van der Waals surface area (Å²) < 4.78 is 27.7. The van der Waals surface area contributed by atoms with Gasteiger partial charge in [0.15, 0.2) is 0 Å². The van der Waals surface area contributed by atoms with Crippen LogP contribution in [0.2, 0.25) is 0 Å². The molecule has 1 aliphatic heterocycles. The quantitative estimate of drug-likeness (QED) is 0.684. The molecule has 1 saturated heterocycles. The van der Waals surface area contributed by atoms with Crippen molar-refractivity contribution in [1.29, 1.82) is 5.26 Å². The Labute approximate surface area is 185 Å². The first-order chi connectivity index (χ1) is 15.1. The number of nitrogens with zero attached hydrogens (tertiary/aromatic N) is 3. The van der Waals surface area contributed by atoms with Gasteiger partial charge in [0, 0.05) is 38.3 Å². The number of halogens is 2. The normalized spacial score (nSPS) is 20.9. The van der Waals surface area contributed by atoms with Crippen LogP contribution in [0.1, 0.15) is 50.5 Å². The predicted octanol–water partition coefficient (Wildman–Crippen LogP) is 3.78. The van der Waals surface area contributed by atoms with Crippen LogP contribution in [0.25, 0.3) is 5.73 Å². The van der Waals surface area contributed by atoms with E-state index in [-0.39, 0.29) is 0 Å². The summed E-state index contributed by atoms with van der Waals surface area (Å²) in [4.78, 5) is 27.5. The highest BCUT2D eigenvalue weighted by Crippen LogP contribution is 2.53. The Morgan fingerprint density at radius 3 is 2.41 bits per heavy atom. The Hall–Kier alpha value is -2.80. The molecule has 4 rings (SSSR count). The molecule has 2 heterocycles. The third-order valence-corrected chi connectivity index (χ3v) is 6.38. The van der Waals surface area contributed by atoms with Crippen LogP contribution in [-0.4, -0.2) is 57.6 Å². The molecule has 0 bridgehead atoms. The second-order valence-electron chi connectivity index (χ2n) is 9.10. The van der Waals surface area contributed by atoms with Gasteiger partial charge in [-0.05, 0) is 55.6 Å². The third-order valence-electron chi connectivity index (χ3n) is 6.38. The number of alkyl halides is 2. The summed E-state index contributed by atoms with van der Waals surface area (Å²) in [5, 5.41) is 19.9. The van der Waals surface area contributed by atoms with E-state index in [0.29, 0.717) is 23.8 Å². The van der Waals surface area contributed by atoms with E-state index in [0.717, 1.165) is 25.9 Å². The maximum Gasteiger partial charge on any atom is 0.407 e. The molecule has 32 heavy (non-hydrogen) atoms. The van der Waals surface area contributed by atoms with Crippen molar-refractivity contribution < 1.29 is 23.5 Å². The Kier molecular flexibility index (Phi) is 6.98. The minimum atomic E-state index is -3.17. The number of nitrogens with one attached hydrogen (secondary N) is 2. The van der Waals surface area contributed by atoms with E-state index >= 15 is 0 Å². The molecule has 0 radical (unpaired) electrons. The monoisotopic (exact) mass is 448 g/mol. The van der Waals surface area contributed by atoms with Gasteiger partial charge in [0.1, 0.15) is 5.54 Å². The highest BCUT2D eigenvalue weighted by atomic mass is 19.3. The zero-order valence-corrected chi connectivity index (χ0v) is 17.8. The van der Waals surface area contributed by atoms with E-state index in [1.165, 1.54) is 36.2 Å². The highest BCUT2D eigenvalue weighted by molar-refractivity contribution is 5.84. The van der Waals surface area contributed by atoms with Crippen molar-refractivity contribution in [1.82, 2.24) is 15.2 Å². The first kappa shape index (κ1) is 23.9. The second kappa shape index (κ2) is 9.36. The summed E-state index contributed by atoms with van der Waals surface area (Å²) in [7, 11) is 0. The number of rotatable bonds is 6. The van der Waals surface area contributed by atoms with Crippen LogP contribution < -0.4 is 5.32 Å². The average Bonchev–Trinajstić information content (AvgIpc) is 3.67. The zero-order valence-electron chi connectivity index (χ0n) is 17.8. The first-order valence-corrected chi connectivity index (χ1v) is 10.8. The van der Waals surface area contributed by atoms with Crippen molar-refractivity contribution in [3.63, 3.8) is 0 Å². The van der Waals surface area contributed by atoms with Crippen LogP contribution in [0.3, 0.4) is 0 Å². The van der Waals surface area contributed by atoms with Crippen LogP contribution in [0.4, 0.5) is 13.6 Å². The Morgan fingerprint density at radius 1 is 1.28 bits per heavy atom. The fourth-order valence-corrected chi connectivity index (χ4v) is 3.83. The number of amides is 2. The summed E-state index contributed by atoms with van der Waals surface area (Å²) >= 11 is 0. The lowest BCUT2D eigenvalue weighted by Gasteiger charge is -2.29. The predicted molar refractivity (Wildman–Crippen MR) is 112 cm³/mol. The molecule has 1 spiro atoms. The molecule has 8 nitrogen and oxygen atoms in total. The molecule has 10 heteroatoms. The number of carboxylic acid groups (broad SMARTS) is 1. The molecule has 1 atom stereocenters. The molecule has 0 aromatic carbocycles. The number of likely N-dealkylation sites (tertiary alicyclic amines) is 1. The van der Waals surface area contributed by atoms with Gasteiger partial charge in [-0.25, -0.2) is 13.6 Å². The van der Waals surface area contributed by atoms with Crippen LogP contribution in [0.5, 0.6) is 0 Å². The van der Waals surface area contributed by atoms with E-state index in [1.54, 1.807) is 6.07 Å². The van der Waals surface area contributed by atoms with Gasteiger partial charge < -0.3 is 21.1 Å². The summed E-state index contributed by atoms with van der Waals surface area (Å²) in [6.45, 7) is 1.52. The minimum absolute atomic E-state index is 0.353. The zero-order chi connectivity index (χ0) is 23.4. The number of nitriles is 1. The molecule has 2 aliphatic carbocycles. The van der Waals surface area contributed by atoms with Crippen LogP contribution >= 0.6 is 0 Å². The van der Waals surface area contributed by atoms with Gasteiger partial charge in [-0.15, -0.1) is 0 Å². The van der Waals surface area contributed by atoms with Crippen molar-refractivity contribution in [2.45, 2.75) is 68.9 Å². The van der Waals surface area contributed by atoms with Gasteiger partial charge in [0.25, 0.3) is 5.92 Å². The fourth-order valence-electron chi connectivity index (χ4n) is 3.83. The minimum Gasteiger partial charge on any atom is -0.667 e. The van der Waals surface area contributed by atoms with Crippen LogP contribution in [0, 0.1) is 16.7 Å². The maximum atomic E-state index is 13.9. The van der Waals surface area contributed by atoms with Gasteiger partial charge >= 0.3 is 6.09 Å². The van der Waals surface area contributed by atoms with Crippen molar-refractivity contribution in [3.05, 3.63) is 35.8 Å². The molecule has 3 fully saturated rings. The molecular formula is C22H28F2N5O3-. The highest BCUT2D eigenvalue weighted by Gasteiger charge is 2.46. The Balaban J connectivity index is 0.000000219. The average molecular weight is 448 g/mol. The van der Waals surface area contributed by atoms with Crippen LogP contribution in [-0.2, 0) is 11.2 Å². The van der Waals surface area contributed by atoms with E-state index in [2.05, 4.69) is 10.3 Å². The Bertz CT molecular complexity index is 856. The smallest absolute Gasteiger partial charge is 0.407 e. The third kappa shape index (κ3) is 6.60. The van der Waals surface area contributed by atoms with Gasteiger partial charge in [0.2, 0.25) is 5.91 Å². The maximum absolute atomic E-state index is 13.9. The molecule has 3 N–H and O–H groups in total. The molecule has 2 amide bonds. The molecule has 174 valence electrons. The molecule has 1 aromatic heterocycles. The SMILES string of the molecule is N#CC1(NC(=O)[C@@H]([NH-])CC(F)(F)Cc2cccnc2)CC1.O=C(O)N1CCC2(CC1)CC2. The van der Waals surface area contributed by atoms with Crippen molar-refractivity contribution in [3.8, 4) is 6.07 Å². The number of aromatic nitrogens is 1. The van der Waals surface area contributed by atoms with Gasteiger partial charge in [-0.2, -0.15) is 5.26 Å². The summed E-state index contributed by atoms with van der Waals surface area (Å²) in [6, 6.07) is 3.41. The van der Waals surface area contributed by atoms with Gasteiger partial charge in [0.05, 0.1) is 6.07 Å². The summed E-state index contributed by atoms with van der Waals surface area (Å²) in [5.41, 5.74) is 7.57. The number of hydrogen-bond donors (Lipinski definition) is 2. The van der Waals surface area contributed by atoms with E-state index in [9.17, 15) is 18.4 Å². The number of carbonyl (C=O) groups excluding carboxylic acids is 1. The number of hydrogen-bond acceptors (Lipinski definition) is 4. The first-order valence-electron chi connectivity index (χ1n) is 10.8. The van der Waals surface area contributed by atoms with Crippen molar-refractivity contribution in [2.24, 2.45) is 5.41 Å². The lowest BCUT2D eigenvalue weighted by molar-refractivity contribution is -0.124. The van der Waals surface area contributed by atoms with Gasteiger partial charge in [-0.1, -0.05) is 12.1 Å². The largest absolute Gasteiger partial charge is 0.667 e. The van der Waals surface area contributed by atoms with Crippen molar-refractivity contribution >= 4 is 12.0 Å². The second-order valence-corrected chi connectivity index (χ2v) is 9.10. The number of pyridine rings is 1. The number of carbonyl (C=O) groups is 2. The molecule has 1 aromatic rings. The van der Waals surface area contributed by atoms with E-state index in [4.69, 9.17) is 16.1 Å². The summed E-state index contributed by atoms with van der Waals surface area (Å²) in [6.07, 6.45) is 6.51. The van der Waals surface area contributed by atoms with Crippen LogP contribution in [0.15, 0.2) is 24.5 Å². The fraction of sp³-hybridized carbons (Fsp3) is 0.636. The lowest BCUT2D eigenvalue weighted by Crippen LogP contribution is -2.43. The molecule has 3 aliphatic rings. The molecular weight excluding hydrogens is 420 g/mol. The number of piperidine rings is 1. The topological polar surface area (TPSA) is 130 Å². The lowest BCUT2D eigenvalue weighted by atomic mass is 9.94. The standard InChI is InChI=1S/C14H15F2N4O.C8H13NO2/c15-14(16,6-10-2-1-5-19-8-10)7-11(18)12(21)20-13(9-17)3-4-13;10-7(11)9-5-3-8(1-2-8)4-6-9/h1-2,5,8,11,18H,3-4,6-7H2,(H,20,21);1-6H2,(H,10,11)/q-1;/t11-;/m0./s1. The Morgan fingerprint density at radius 2 is 1.94 bits per heavy atom. The van der Waals surface area contributed by atoms with Gasteiger partial charge in [-0.3, -0.25) is 9.78 Å². The molecule has 2 saturated carbocycles. The summed E-state index contributed by atoms with van der Waals surface area (Å²) in [5.74, 6) is -3.99.